The van der Waals surface area contributed by atoms with Gasteiger partial charge in [-0.25, -0.2) is 18.4 Å². The van der Waals surface area contributed by atoms with Crippen molar-refractivity contribution < 1.29 is 13.2 Å². The average Bonchev–Trinajstić information content (AvgIpc) is 3.33. The van der Waals surface area contributed by atoms with Gasteiger partial charge in [-0.3, -0.25) is 4.79 Å². The van der Waals surface area contributed by atoms with E-state index in [2.05, 4.69) is 9.97 Å². The van der Waals surface area contributed by atoms with Crippen molar-refractivity contribution in [2.75, 3.05) is 17.3 Å². The minimum atomic E-state index is -3.07. The Balaban J connectivity index is 1.52. The fraction of sp³-hybridized carbons (Fsp3) is 0.316. The van der Waals surface area contributed by atoms with E-state index < -0.39 is 9.84 Å². The summed E-state index contributed by atoms with van der Waals surface area (Å²) in [7, 11) is -3.07. The highest BCUT2D eigenvalue weighted by Gasteiger charge is 2.34. The van der Waals surface area contributed by atoms with E-state index in [1.165, 1.54) is 18.1 Å². The van der Waals surface area contributed by atoms with Gasteiger partial charge >= 0.3 is 0 Å². The van der Waals surface area contributed by atoms with E-state index in [0.29, 0.717) is 13.0 Å². The minimum absolute atomic E-state index is 0.0468. The molecule has 6 nitrogen and oxygen atoms in total. The summed E-state index contributed by atoms with van der Waals surface area (Å²) < 4.78 is 23.9. The summed E-state index contributed by atoms with van der Waals surface area (Å²) in [5.41, 5.74) is 0.838. The van der Waals surface area contributed by atoms with Crippen LogP contribution in [0.25, 0.3) is 10.9 Å². The summed E-state index contributed by atoms with van der Waals surface area (Å²) in [6.45, 7) is 0.446. The zero-order valence-electron chi connectivity index (χ0n) is 15.0. The molecule has 0 N–H and O–H groups in total. The third-order valence-electron chi connectivity index (χ3n) is 4.71. The van der Waals surface area contributed by atoms with E-state index in [1.807, 2.05) is 41.8 Å². The maximum absolute atomic E-state index is 13.0. The lowest BCUT2D eigenvalue weighted by molar-refractivity contribution is -0.130. The number of carbonyl (C=O) groups excluding carboxylic acids is 1. The van der Waals surface area contributed by atoms with Crippen molar-refractivity contribution in [1.29, 1.82) is 0 Å². The van der Waals surface area contributed by atoms with Gasteiger partial charge in [-0.1, -0.05) is 36.0 Å². The lowest BCUT2D eigenvalue weighted by atomic mass is 10.2. The standard InChI is InChI=1S/C19H19N3O3S3/c23-18(11-27-19-16-5-1-2-6-17(16)20-13-21-19)22(10-15-4-3-8-26-15)14-7-9-28(24,25)12-14/h1-6,8,13-14H,7,9-12H2/t14-/m0/s1. The Labute approximate surface area is 171 Å². The fourth-order valence-corrected chi connectivity index (χ4v) is 6.63. The Kier molecular flexibility index (Phi) is 5.65. The Morgan fingerprint density at radius 3 is 2.82 bits per heavy atom. The molecular formula is C19H19N3O3S3. The first-order valence-corrected chi connectivity index (χ1v) is 12.6. The van der Waals surface area contributed by atoms with Crippen molar-refractivity contribution in [3.63, 3.8) is 0 Å². The highest BCUT2D eigenvalue weighted by Crippen LogP contribution is 2.27. The molecule has 1 saturated heterocycles. The summed E-state index contributed by atoms with van der Waals surface area (Å²) in [5, 5.41) is 3.63. The molecule has 0 radical (unpaired) electrons. The first-order chi connectivity index (χ1) is 13.5. The summed E-state index contributed by atoms with van der Waals surface area (Å²) in [5.74, 6) is 0.340. The Hall–Kier alpha value is -1.97. The van der Waals surface area contributed by atoms with Gasteiger partial charge < -0.3 is 4.90 Å². The summed E-state index contributed by atoms with van der Waals surface area (Å²) in [6, 6.07) is 11.3. The molecule has 4 rings (SSSR count). The Morgan fingerprint density at radius 1 is 1.21 bits per heavy atom. The molecule has 3 heterocycles. The van der Waals surface area contributed by atoms with Crippen molar-refractivity contribution in [2.45, 2.75) is 24.0 Å². The number of hydrogen-bond donors (Lipinski definition) is 0. The summed E-state index contributed by atoms with van der Waals surface area (Å²) in [4.78, 5) is 24.4. The maximum Gasteiger partial charge on any atom is 0.233 e. The number of thiophene rings is 1. The van der Waals surface area contributed by atoms with Crippen LogP contribution in [-0.2, 0) is 21.2 Å². The number of sulfone groups is 1. The lowest BCUT2D eigenvalue weighted by Crippen LogP contribution is -2.41. The largest absolute Gasteiger partial charge is 0.333 e. The van der Waals surface area contributed by atoms with Crippen LogP contribution in [0.3, 0.4) is 0 Å². The van der Waals surface area contributed by atoms with Gasteiger partial charge in [0.15, 0.2) is 9.84 Å². The molecule has 1 aromatic carbocycles. The molecule has 9 heteroatoms. The van der Waals surface area contributed by atoms with Crippen LogP contribution in [0.15, 0.2) is 53.1 Å². The zero-order valence-corrected chi connectivity index (χ0v) is 17.5. The summed E-state index contributed by atoms with van der Waals surface area (Å²) >= 11 is 2.94. The van der Waals surface area contributed by atoms with Crippen LogP contribution in [0.4, 0.5) is 0 Å². The van der Waals surface area contributed by atoms with Gasteiger partial charge in [0.1, 0.15) is 11.4 Å². The number of nitrogens with zero attached hydrogens (tertiary/aromatic N) is 3. The number of fused-ring (bicyclic) bond motifs is 1. The third kappa shape index (κ3) is 4.37. The molecule has 0 aliphatic carbocycles. The molecule has 2 aromatic heterocycles. The van der Waals surface area contributed by atoms with E-state index in [0.717, 1.165) is 20.8 Å². The van der Waals surface area contributed by atoms with Crippen LogP contribution in [-0.4, -0.2) is 52.5 Å². The van der Waals surface area contributed by atoms with Crippen LogP contribution >= 0.6 is 23.1 Å². The van der Waals surface area contributed by atoms with Crippen molar-refractivity contribution >= 4 is 49.7 Å². The van der Waals surface area contributed by atoms with E-state index in [1.54, 1.807) is 16.2 Å². The van der Waals surface area contributed by atoms with Crippen molar-refractivity contribution in [3.05, 3.63) is 53.0 Å². The average molecular weight is 434 g/mol. The molecule has 146 valence electrons. The molecule has 3 aromatic rings. The van der Waals surface area contributed by atoms with Crippen LogP contribution in [0.1, 0.15) is 11.3 Å². The van der Waals surface area contributed by atoms with Gasteiger partial charge in [0.05, 0.1) is 29.3 Å². The van der Waals surface area contributed by atoms with Gasteiger partial charge in [0.25, 0.3) is 0 Å². The van der Waals surface area contributed by atoms with Crippen LogP contribution in [0.2, 0.25) is 0 Å². The molecule has 0 saturated carbocycles. The SMILES string of the molecule is O=C(CSc1ncnc2ccccc12)N(Cc1cccs1)[C@H]1CCS(=O)(=O)C1. The highest BCUT2D eigenvalue weighted by molar-refractivity contribution is 8.00. The quantitative estimate of drug-likeness (QED) is 0.439. The Morgan fingerprint density at radius 2 is 2.07 bits per heavy atom. The molecule has 1 amide bonds. The maximum atomic E-state index is 13.0. The number of thioether (sulfide) groups is 1. The molecule has 1 atom stereocenters. The fourth-order valence-electron chi connectivity index (χ4n) is 3.32. The number of hydrogen-bond acceptors (Lipinski definition) is 7. The number of amides is 1. The molecule has 1 aliphatic heterocycles. The Bertz CT molecular complexity index is 1080. The number of carbonyl (C=O) groups is 1. The second-order valence-electron chi connectivity index (χ2n) is 6.64. The number of rotatable bonds is 6. The predicted octanol–water partition coefficient (Wildman–Crippen LogP) is 3.00. The highest BCUT2D eigenvalue weighted by atomic mass is 32.2. The van der Waals surface area contributed by atoms with Gasteiger partial charge in [-0.15, -0.1) is 11.3 Å². The van der Waals surface area contributed by atoms with Gasteiger partial charge in [-0.2, -0.15) is 0 Å². The van der Waals surface area contributed by atoms with Crippen molar-refractivity contribution in [2.24, 2.45) is 0 Å². The van der Waals surface area contributed by atoms with Crippen LogP contribution in [0, 0.1) is 0 Å². The van der Waals surface area contributed by atoms with Crippen LogP contribution < -0.4 is 0 Å². The number of para-hydroxylation sites is 1. The molecule has 1 aliphatic rings. The van der Waals surface area contributed by atoms with E-state index in [9.17, 15) is 13.2 Å². The first-order valence-electron chi connectivity index (χ1n) is 8.87. The number of aromatic nitrogens is 2. The van der Waals surface area contributed by atoms with E-state index in [-0.39, 0.29) is 29.2 Å². The van der Waals surface area contributed by atoms with Crippen LogP contribution in [0.5, 0.6) is 0 Å². The molecule has 1 fully saturated rings. The third-order valence-corrected chi connectivity index (χ3v) is 8.32. The molecule has 0 spiro atoms. The zero-order chi connectivity index (χ0) is 19.6. The second kappa shape index (κ2) is 8.18. The molecule has 28 heavy (non-hydrogen) atoms. The van der Waals surface area contributed by atoms with Crippen molar-refractivity contribution in [1.82, 2.24) is 14.9 Å². The van der Waals surface area contributed by atoms with Gasteiger partial charge in [0.2, 0.25) is 5.91 Å². The van der Waals surface area contributed by atoms with Crippen molar-refractivity contribution in [3.8, 4) is 0 Å². The second-order valence-corrected chi connectivity index (χ2v) is 10.9. The summed E-state index contributed by atoms with van der Waals surface area (Å²) in [6.07, 6.45) is 2.00. The van der Waals surface area contributed by atoms with E-state index in [4.69, 9.17) is 0 Å². The molecule has 0 bridgehead atoms. The van der Waals surface area contributed by atoms with E-state index >= 15 is 0 Å². The predicted molar refractivity (Wildman–Crippen MR) is 112 cm³/mol. The lowest BCUT2D eigenvalue weighted by Gasteiger charge is -2.27. The van der Waals surface area contributed by atoms with Gasteiger partial charge in [-0.05, 0) is 23.9 Å². The normalized spacial score (nSPS) is 18.4. The monoisotopic (exact) mass is 433 g/mol. The minimum Gasteiger partial charge on any atom is -0.333 e. The first kappa shape index (κ1) is 19.4. The molecular weight excluding hydrogens is 414 g/mol. The molecule has 0 unspecified atom stereocenters. The smallest absolute Gasteiger partial charge is 0.233 e. The number of benzene rings is 1. The topological polar surface area (TPSA) is 80.2 Å². The van der Waals surface area contributed by atoms with Gasteiger partial charge in [0, 0.05) is 16.3 Å².